The molecule has 1 aliphatic carbocycles. The number of aromatic nitrogens is 3. The fourth-order valence-electron chi connectivity index (χ4n) is 3.97. The van der Waals surface area contributed by atoms with E-state index in [0.29, 0.717) is 5.56 Å². The lowest BCUT2D eigenvalue weighted by atomic mass is 9.80. The molecule has 6 heteroatoms. The van der Waals surface area contributed by atoms with Crippen LogP contribution in [0.2, 0.25) is 0 Å². The number of fused-ring (bicyclic) bond motifs is 1. The average molecular weight is 371 g/mol. The van der Waals surface area contributed by atoms with Crippen LogP contribution in [-0.4, -0.2) is 20.0 Å². The molecule has 2 heterocycles. The Labute approximate surface area is 156 Å². The van der Waals surface area contributed by atoms with Crippen LogP contribution in [0, 0.1) is 6.92 Å². The summed E-state index contributed by atoms with van der Waals surface area (Å²) in [5.41, 5.74) is 4.42. The predicted molar refractivity (Wildman–Crippen MR) is 102 cm³/mol. The number of pyridine rings is 1. The molecule has 142 valence electrons. The third kappa shape index (κ3) is 3.07. The van der Waals surface area contributed by atoms with Crippen LogP contribution in [0.1, 0.15) is 43.5 Å². The number of hydrogen-bond donors (Lipinski definition) is 0. The molecular weight excluding hydrogens is 348 g/mol. The van der Waals surface area contributed by atoms with Gasteiger partial charge in [-0.3, -0.25) is 4.79 Å². The van der Waals surface area contributed by atoms with Gasteiger partial charge in [-0.05, 0) is 42.7 Å². The van der Waals surface area contributed by atoms with Crippen molar-refractivity contribution in [2.24, 2.45) is 7.05 Å². The number of benzene rings is 1. The second-order valence-corrected chi connectivity index (χ2v) is 7.61. The van der Waals surface area contributed by atoms with Crippen LogP contribution in [0.4, 0.5) is 8.78 Å². The van der Waals surface area contributed by atoms with Gasteiger partial charge in [-0.25, -0.2) is 13.8 Å². The molecule has 0 saturated heterocycles. The zero-order chi connectivity index (χ0) is 19.3. The third-order valence-corrected chi connectivity index (χ3v) is 5.38. The highest BCUT2D eigenvalue weighted by Crippen LogP contribution is 2.48. The van der Waals surface area contributed by atoms with Crippen LogP contribution in [0.3, 0.4) is 0 Å². The van der Waals surface area contributed by atoms with E-state index in [1.807, 2.05) is 24.4 Å². The highest BCUT2D eigenvalue weighted by atomic mass is 19.3. The summed E-state index contributed by atoms with van der Waals surface area (Å²) in [6, 6.07) is 7.86. The molecule has 1 fully saturated rings. The molecule has 0 aliphatic heterocycles. The lowest BCUT2D eigenvalue weighted by molar-refractivity contribution is -0.0890. The van der Waals surface area contributed by atoms with E-state index in [1.54, 1.807) is 18.5 Å². The molecular formula is C21H23F2N3O. The Kier molecular flexibility index (Phi) is 4.17. The Morgan fingerprint density at radius 3 is 2.59 bits per heavy atom. The number of aryl methyl sites for hydroxylation is 3. The first kappa shape index (κ1) is 17.9. The van der Waals surface area contributed by atoms with Gasteiger partial charge in [0, 0.05) is 44.1 Å². The van der Waals surface area contributed by atoms with Gasteiger partial charge in [-0.1, -0.05) is 13.0 Å². The molecule has 1 aromatic carbocycles. The molecule has 0 radical (unpaired) electrons. The third-order valence-electron chi connectivity index (χ3n) is 5.38. The van der Waals surface area contributed by atoms with Gasteiger partial charge in [-0.2, -0.15) is 0 Å². The van der Waals surface area contributed by atoms with Gasteiger partial charge in [0.05, 0.1) is 11.0 Å². The SMILES string of the molecule is CCCn1c(C2CC(F)(F)C2)nc2ccc(-c3cc(C)c(=O)n(C)c3)cc21. The molecule has 0 atom stereocenters. The van der Waals surface area contributed by atoms with E-state index in [9.17, 15) is 13.6 Å². The normalized spacial score (nSPS) is 16.6. The average Bonchev–Trinajstić information content (AvgIpc) is 2.95. The molecule has 1 saturated carbocycles. The summed E-state index contributed by atoms with van der Waals surface area (Å²) in [7, 11) is 1.74. The molecule has 0 spiro atoms. The van der Waals surface area contributed by atoms with Crippen molar-refractivity contribution in [3.8, 4) is 11.1 Å². The topological polar surface area (TPSA) is 39.8 Å². The molecule has 2 aromatic heterocycles. The number of alkyl halides is 2. The number of halogens is 2. The largest absolute Gasteiger partial charge is 0.328 e. The first-order valence-electron chi connectivity index (χ1n) is 9.35. The Hall–Kier alpha value is -2.50. The van der Waals surface area contributed by atoms with E-state index in [2.05, 4.69) is 22.5 Å². The zero-order valence-electron chi connectivity index (χ0n) is 15.8. The van der Waals surface area contributed by atoms with E-state index in [1.165, 1.54) is 0 Å². The van der Waals surface area contributed by atoms with E-state index in [4.69, 9.17) is 0 Å². The summed E-state index contributed by atoms with van der Waals surface area (Å²) < 4.78 is 30.4. The Morgan fingerprint density at radius 1 is 1.22 bits per heavy atom. The van der Waals surface area contributed by atoms with Crippen molar-refractivity contribution < 1.29 is 8.78 Å². The fraction of sp³-hybridized carbons (Fsp3) is 0.429. The summed E-state index contributed by atoms with van der Waals surface area (Å²) >= 11 is 0. The number of hydrogen-bond acceptors (Lipinski definition) is 2. The van der Waals surface area contributed by atoms with Crippen molar-refractivity contribution in [2.75, 3.05) is 0 Å². The quantitative estimate of drug-likeness (QED) is 0.671. The van der Waals surface area contributed by atoms with Gasteiger partial charge in [0.1, 0.15) is 5.82 Å². The van der Waals surface area contributed by atoms with Gasteiger partial charge in [0.25, 0.3) is 5.56 Å². The fourth-order valence-corrected chi connectivity index (χ4v) is 3.97. The van der Waals surface area contributed by atoms with Gasteiger partial charge in [0.2, 0.25) is 5.92 Å². The van der Waals surface area contributed by atoms with Gasteiger partial charge >= 0.3 is 0 Å². The highest BCUT2D eigenvalue weighted by Gasteiger charge is 2.47. The Balaban J connectivity index is 1.82. The number of nitrogens with zero attached hydrogens (tertiary/aromatic N) is 3. The van der Waals surface area contributed by atoms with Crippen LogP contribution in [0.15, 0.2) is 35.3 Å². The van der Waals surface area contributed by atoms with Crippen LogP contribution in [0.5, 0.6) is 0 Å². The molecule has 0 bridgehead atoms. The van der Waals surface area contributed by atoms with Gasteiger partial charge in [0.15, 0.2) is 0 Å². The summed E-state index contributed by atoms with van der Waals surface area (Å²) in [5, 5.41) is 0. The molecule has 0 N–H and O–H groups in total. The molecule has 4 nitrogen and oxygen atoms in total. The second kappa shape index (κ2) is 6.29. The van der Waals surface area contributed by atoms with Crippen molar-refractivity contribution in [1.82, 2.24) is 14.1 Å². The molecule has 27 heavy (non-hydrogen) atoms. The number of imidazole rings is 1. The summed E-state index contributed by atoms with van der Waals surface area (Å²) in [6.07, 6.45) is 2.49. The maximum atomic E-state index is 13.4. The molecule has 0 amide bonds. The predicted octanol–water partition coefficient (Wildman–Crippen LogP) is 4.63. The maximum Gasteiger partial charge on any atom is 0.253 e. The summed E-state index contributed by atoms with van der Waals surface area (Å²) in [5.74, 6) is -1.97. The first-order valence-corrected chi connectivity index (χ1v) is 9.35. The smallest absolute Gasteiger partial charge is 0.253 e. The van der Waals surface area contributed by atoms with Crippen molar-refractivity contribution in [1.29, 1.82) is 0 Å². The van der Waals surface area contributed by atoms with Crippen molar-refractivity contribution in [3.05, 3.63) is 52.2 Å². The van der Waals surface area contributed by atoms with Crippen LogP contribution >= 0.6 is 0 Å². The minimum Gasteiger partial charge on any atom is -0.328 e. The van der Waals surface area contributed by atoms with Gasteiger partial charge in [-0.15, -0.1) is 0 Å². The Morgan fingerprint density at radius 2 is 1.96 bits per heavy atom. The lowest BCUT2D eigenvalue weighted by Gasteiger charge is -2.34. The first-order chi connectivity index (χ1) is 12.8. The highest BCUT2D eigenvalue weighted by molar-refractivity contribution is 5.82. The standard InChI is InChI=1S/C21H23F2N3O/c1-4-7-26-18-9-14(15-8-13(2)20(27)25(3)12-15)5-6-17(18)24-19(26)16-10-21(22,23)11-16/h5-6,8-9,12,16H,4,7,10-11H2,1-3H3. The van der Waals surface area contributed by atoms with Crippen molar-refractivity contribution in [2.45, 2.75) is 51.5 Å². The minimum absolute atomic E-state index is 0.0101. The number of rotatable bonds is 4. The molecule has 0 unspecified atom stereocenters. The van der Waals surface area contributed by atoms with Gasteiger partial charge < -0.3 is 9.13 Å². The van der Waals surface area contributed by atoms with Crippen LogP contribution in [-0.2, 0) is 13.6 Å². The summed E-state index contributed by atoms with van der Waals surface area (Å²) in [6.45, 7) is 4.63. The van der Waals surface area contributed by atoms with Crippen LogP contribution < -0.4 is 5.56 Å². The van der Waals surface area contributed by atoms with Crippen molar-refractivity contribution in [3.63, 3.8) is 0 Å². The monoisotopic (exact) mass is 371 g/mol. The summed E-state index contributed by atoms with van der Waals surface area (Å²) in [4.78, 5) is 16.6. The van der Waals surface area contributed by atoms with E-state index in [0.717, 1.165) is 41.0 Å². The second-order valence-electron chi connectivity index (χ2n) is 7.61. The van der Waals surface area contributed by atoms with E-state index < -0.39 is 5.92 Å². The lowest BCUT2D eigenvalue weighted by Crippen LogP contribution is -2.35. The zero-order valence-corrected chi connectivity index (χ0v) is 15.8. The van der Waals surface area contributed by atoms with Crippen molar-refractivity contribution >= 4 is 11.0 Å². The molecule has 1 aliphatic rings. The molecule has 3 aromatic rings. The molecule has 4 rings (SSSR count). The van der Waals surface area contributed by atoms with E-state index in [-0.39, 0.29) is 24.3 Å². The Bertz CT molecular complexity index is 1050. The minimum atomic E-state index is -2.56. The van der Waals surface area contributed by atoms with Crippen LogP contribution in [0.25, 0.3) is 22.2 Å². The maximum absolute atomic E-state index is 13.4. The van der Waals surface area contributed by atoms with E-state index >= 15 is 0 Å².